The van der Waals surface area contributed by atoms with Crippen molar-refractivity contribution in [1.82, 2.24) is 10.6 Å². The minimum atomic E-state index is 0. The SMILES string of the molecule is CCc1cccc2c1OCCC2NC(=O)C1CCNC1.Cl. The summed E-state index contributed by atoms with van der Waals surface area (Å²) >= 11 is 0. The van der Waals surface area contributed by atoms with E-state index in [4.69, 9.17) is 4.74 Å². The van der Waals surface area contributed by atoms with E-state index in [9.17, 15) is 4.79 Å². The maximum absolute atomic E-state index is 12.3. The third-order valence-corrected chi connectivity index (χ3v) is 4.28. The summed E-state index contributed by atoms with van der Waals surface area (Å²) in [7, 11) is 0. The van der Waals surface area contributed by atoms with Crippen LogP contribution in [0.4, 0.5) is 0 Å². The lowest BCUT2D eigenvalue weighted by molar-refractivity contribution is -0.125. The molecule has 0 aliphatic carbocycles. The van der Waals surface area contributed by atoms with E-state index < -0.39 is 0 Å². The number of nitrogens with one attached hydrogen (secondary N) is 2. The standard InChI is InChI=1S/C16H22N2O2.ClH/c1-2-11-4-3-5-13-14(7-9-20-15(11)13)18-16(19)12-6-8-17-10-12;/h3-5,12,14,17H,2,6-10H2,1H3,(H,18,19);1H. The Morgan fingerprint density at radius 1 is 1.43 bits per heavy atom. The second-order valence-corrected chi connectivity index (χ2v) is 5.58. The second kappa shape index (κ2) is 7.14. The molecule has 1 aromatic carbocycles. The molecule has 2 heterocycles. The summed E-state index contributed by atoms with van der Waals surface area (Å²) in [5.74, 6) is 1.28. The first kappa shape index (κ1) is 16.1. The maximum Gasteiger partial charge on any atom is 0.224 e. The molecule has 2 N–H and O–H groups in total. The Morgan fingerprint density at radius 2 is 2.29 bits per heavy atom. The molecule has 1 aromatic rings. The molecule has 0 saturated carbocycles. The predicted molar refractivity (Wildman–Crippen MR) is 85.0 cm³/mol. The van der Waals surface area contributed by atoms with Crippen LogP contribution in [-0.4, -0.2) is 25.6 Å². The Labute approximate surface area is 132 Å². The normalized spacial score (nSPS) is 23.7. The Balaban J connectivity index is 0.00000161. The molecule has 4 nitrogen and oxygen atoms in total. The number of halogens is 1. The van der Waals surface area contributed by atoms with Crippen molar-refractivity contribution in [2.45, 2.75) is 32.2 Å². The van der Waals surface area contributed by atoms with Gasteiger partial charge in [-0.25, -0.2) is 0 Å². The highest BCUT2D eigenvalue weighted by Gasteiger charge is 2.28. The third kappa shape index (κ3) is 3.33. The molecular formula is C16H23ClN2O2. The molecule has 1 fully saturated rings. The predicted octanol–water partition coefficient (Wildman–Crippen LogP) is 2.22. The van der Waals surface area contributed by atoms with E-state index in [-0.39, 0.29) is 30.3 Å². The molecule has 5 heteroatoms. The van der Waals surface area contributed by atoms with Crippen molar-refractivity contribution >= 4 is 18.3 Å². The van der Waals surface area contributed by atoms with E-state index in [1.54, 1.807) is 0 Å². The summed E-state index contributed by atoms with van der Waals surface area (Å²) in [5.41, 5.74) is 2.36. The summed E-state index contributed by atoms with van der Waals surface area (Å²) in [6.07, 6.45) is 2.75. The highest BCUT2D eigenvalue weighted by atomic mass is 35.5. The van der Waals surface area contributed by atoms with Crippen LogP contribution in [0.3, 0.4) is 0 Å². The topological polar surface area (TPSA) is 50.4 Å². The highest BCUT2D eigenvalue weighted by molar-refractivity contribution is 5.85. The van der Waals surface area contributed by atoms with Crippen LogP contribution >= 0.6 is 12.4 Å². The fourth-order valence-corrected chi connectivity index (χ4v) is 3.09. The number of carbonyl (C=O) groups excluding carboxylic acids is 1. The quantitative estimate of drug-likeness (QED) is 0.900. The van der Waals surface area contributed by atoms with Crippen molar-refractivity contribution in [2.24, 2.45) is 5.92 Å². The molecule has 2 unspecified atom stereocenters. The molecular weight excluding hydrogens is 288 g/mol. The van der Waals surface area contributed by atoms with Gasteiger partial charge in [0.15, 0.2) is 0 Å². The molecule has 1 amide bonds. The zero-order valence-electron chi connectivity index (χ0n) is 12.4. The molecule has 3 rings (SSSR count). The first-order valence-corrected chi connectivity index (χ1v) is 7.55. The van der Waals surface area contributed by atoms with Crippen LogP contribution in [0.2, 0.25) is 0 Å². The molecule has 0 aromatic heterocycles. The molecule has 21 heavy (non-hydrogen) atoms. The monoisotopic (exact) mass is 310 g/mol. The van der Waals surface area contributed by atoms with Gasteiger partial charge in [-0.15, -0.1) is 12.4 Å². The molecule has 2 aliphatic heterocycles. The van der Waals surface area contributed by atoms with Crippen LogP contribution in [0.15, 0.2) is 18.2 Å². The lowest BCUT2D eigenvalue weighted by Gasteiger charge is -2.29. The molecule has 2 atom stereocenters. The summed E-state index contributed by atoms with van der Waals surface area (Å²) in [6.45, 7) is 4.56. The van der Waals surface area contributed by atoms with Crippen molar-refractivity contribution in [1.29, 1.82) is 0 Å². The van der Waals surface area contributed by atoms with Crippen molar-refractivity contribution in [3.8, 4) is 5.75 Å². The van der Waals surface area contributed by atoms with Gasteiger partial charge in [0, 0.05) is 18.5 Å². The van der Waals surface area contributed by atoms with Crippen LogP contribution in [0.1, 0.15) is 36.9 Å². The smallest absolute Gasteiger partial charge is 0.224 e. The molecule has 1 saturated heterocycles. The first-order chi connectivity index (χ1) is 9.79. The number of aryl methyl sites for hydroxylation is 1. The van der Waals surface area contributed by atoms with Crippen molar-refractivity contribution < 1.29 is 9.53 Å². The number of hydrogen-bond acceptors (Lipinski definition) is 3. The summed E-state index contributed by atoms with van der Waals surface area (Å²) in [5, 5.41) is 6.45. The van der Waals surface area contributed by atoms with E-state index in [2.05, 4.69) is 35.8 Å². The lowest BCUT2D eigenvalue weighted by Crippen LogP contribution is -2.37. The number of para-hydroxylation sites is 1. The number of benzene rings is 1. The molecule has 2 aliphatic rings. The summed E-state index contributed by atoms with van der Waals surface area (Å²) in [6, 6.07) is 6.33. The van der Waals surface area contributed by atoms with E-state index in [0.29, 0.717) is 6.61 Å². The zero-order chi connectivity index (χ0) is 13.9. The third-order valence-electron chi connectivity index (χ3n) is 4.28. The minimum Gasteiger partial charge on any atom is -0.493 e. The van der Waals surface area contributed by atoms with Crippen LogP contribution in [0, 0.1) is 5.92 Å². The van der Waals surface area contributed by atoms with Crippen LogP contribution in [0.25, 0.3) is 0 Å². The van der Waals surface area contributed by atoms with Crippen molar-refractivity contribution in [2.75, 3.05) is 19.7 Å². The second-order valence-electron chi connectivity index (χ2n) is 5.58. The Kier molecular flexibility index (Phi) is 5.48. The Hall–Kier alpha value is -1.26. The van der Waals surface area contributed by atoms with Crippen LogP contribution < -0.4 is 15.4 Å². The number of amides is 1. The van der Waals surface area contributed by atoms with Crippen LogP contribution in [-0.2, 0) is 11.2 Å². The highest BCUT2D eigenvalue weighted by Crippen LogP contribution is 2.35. The average molecular weight is 311 g/mol. The van der Waals surface area contributed by atoms with E-state index in [1.165, 1.54) is 5.56 Å². The van der Waals surface area contributed by atoms with Gasteiger partial charge in [0.05, 0.1) is 18.6 Å². The number of hydrogen-bond donors (Lipinski definition) is 2. The van der Waals surface area contributed by atoms with Gasteiger partial charge in [-0.1, -0.05) is 25.1 Å². The number of ether oxygens (including phenoxy) is 1. The molecule has 0 bridgehead atoms. The van der Waals surface area contributed by atoms with E-state index >= 15 is 0 Å². The number of carbonyl (C=O) groups is 1. The molecule has 0 radical (unpaired) electrons. The first-order valence-electron chi connectivity index (χ1n) is 7.55. The lowest BCUT2D eigenvalue weighted by atomic mass is 9.96. The van der Waals surface area contributed by atoms with Gasteiger partial charge in [0.2, 0.25) is 5.91 Å². The molecule has 0 spiro atoms. The van der Waals surface area contributed by atoms with Crippen molar-refractivity contribution in [3.05, 3.63) is 29.3 Å². The zero-order valence-corrected chi connectivity index (χ0v) is 13.2. The Bertz CT molecular complexity index is 501. The fraction of sp³-hybridized carbons (Fsp3) is 0.562. The van der Waals surface area contributed by atoms with Gasteiger partial charge in [-0.3, -0.25) is 4.79 Å². The van der Waals surface area contributed by atoms with Gasteiger partial charge in [-0.2, -0.15) is 0 Å². The average Bonchev–Trinajstić information content (AvgIpc) is 3.01. The van der Waals surface area contributed by atoms with E-state index in [1.807, 2.05) is 0 Å². The largest absolute Gasteiger partial charge is 0.493 e. The fourth-order valence-electron chi connectivity index (χ4n) is 3.09. The molecule has 116 valence electrons. The number of rotatable bonds is 3. The van der Waals surface area contributed by atoms with Gasteiger partial charge >= 0.3 is 0 Å². The Morgan fingerprint density at radius 3 is 3.00 bits per heavy atom. The maximum atomic E-state index is 12.3. The van der Waals surface area contributed by atoms with Crippen LogP contribution in [0.5, 0.6) is 5.75 Å². The summed E-state index contributed by atoms with van der Waals surface area (Å²) in [4.78, 5) is 12.3. The number of fused-ring (bicyclic) bond motifs is 1. The summed E-state index contributed by atoms with van der Waals surface area (Å²) < 4.78 is 5.82. The van der Waals surface area contributed by atoms with Gasteiger partial charge in [-0.05, 0) is 24.9 Å². The van der Waals surface area contributed by atoms with Gasteiger partial charge in [0.25, 0.3) is 0 Å². The van der Waals surface area contributed by atoms with E-state index in [0.717, 1.165) is 43.7 Å². The van der Waals surface area contributed by atoms with Crippen molar-refractivity contribution in [3.63, 3.8) is 0 Å². The minimum absolute atomic E-state index is 0. The van der Waals surface area contributed by atoms with Gasteiger partial charge in [0.1, 0.15) is 5.75 Å². The van der Waals surface area contributed by atoms with Gasteiger partial charge < -0.3 is 15.4 Å².